The molecule has 1 N–H and O–H groups in total. The molecule has 0 fully saturated rings. The minimum atomic E-state index is -0.318. The lowest BCUT2D eigenvalue weighted by Crippen LogP contribution is -2.40. The van der Waals surface area contributed by atoms with Crippen molar-refractivity contribution in [3.63, 3.8) is 0 Å². The van der Waals surface area contributed by atoms with E-state index in [1.54, 1.807) is 23.0 Å². The van der Waals surface area contributed by atoms with Crippen molar-refractivity contribution in [1.82, 2.24) is 15.1 Å². The molecule has 7 heteroatoms. The van der Waals surface area contributed by atoms with Gasteiger partial charge in [0.15, 0.2) is 11.5 Å². The summed E-state index contributed by atoms with van der Waals surface area (Å²) < 4.78 is 26.5. The zero-order chi connectivity index (χ0) is 20.4. The number of hydrogen-bond donors (Lipinski definition) is 1. The van der Waals surface area contributed by atoms with Crippen LogP contribution in [0.25, 0.3) is 5.69 Å². The average Bonchev–Trinajstić information content (AvgIpc) is 3.18. The molecule has 4 rings (SSSR count). The summed E-state index contributed by atoms with van der Waals surface area (Å²) in [6.45, 7) is 4.65. The van der Waals surface area contributed by atoms with Crippen molar-refractivity contribution in [2.75, 3.05) is 13.2 Å². The number of hydrogen-bond acceptors (Lipinski definition) is 4. The number of benzene rings is 2. The topological polar surface area (TPSA) is 65.4 Å². The van der Waals surface area contributed by atoms with Gasteiger partial charge in [-0.3, -0.25) is 4.79 Å². The Morgan fingerprint density at radius 3 is 2.66 bits per heavy atom. The van der Waals surface area contributed by atoms with E-state index in [1.165, 1.54) is 12.1 Å². The van der Waals surface area contributed by atoms with Crippen LogP contribution in [0.5, 0.6) is 11.5 Å². The summed E-state index contributed by atoms with van der Waals surface area (Å²) in [7, 11) is 0. The Bertz CT molecular complexity index is 1010. The second kappa shape index (κ2) is 7.95. The number of halogens is 1. The fourth-order valence-corrected chi connectivity index (χ4v) is 3.34. The molecule has 6 nitrogen and oxygen atoms in total. The molecule has 2 heterocycles. The van der Waals surface area contributed by atoms with Gasteiger partial charge in [-0.25, -0.2) is 9.07 Å². The maximum Gasteiger partial charge on any atom is 0.254 e. The Balaban J connectivity index is 1.48. The molecule has 150 valence electrons. The summed E-state index contributed by atoms with van der Waals surface area (Å²) >= 11 is 0. The first kappa shape index (κ1) is 19.0. The summed E-state index contributed by atoms with van der Waals surface area (Å²) in [5, 5.41) is 7.27. The van der Waals surface area contributed by atoms with Crippen LogP contribution >= 0.6 is 0 Å². The summed E-state index contributed by atoms with van der Waals surface area (Å²) in [6.07, 6.45) is 1.27. The van der Waals surface area contributed by atoms with Gasteiger partial charge in [-0.05, 0) is 42.3 Å². The molecule has 2 aromatic carbocycles. The van der Waals surface area contributed by atoms with Crippen molar-refractivity contribution in [3.8, 4) is 17.2 Å². The molecule has 1 aromatic heterocycles. The van der Waals surface area contributed by atoms with Crippen LogP contribution in [0.4, 0.5) is 4.39 Å². The third-order valence-corrected chi connectivity index (χ3v) is 4.73. The molecule has 1 aliphatic heterocycles. The van der Waals surface area contributed by atoms with Crippen LogP contribution in [-0.2, 0) is 0 Å². The van der Waals surface area contributed by atoms with E-state index in [9.17, 15) is 9.18 Å². The summed E-state index contributed by atoms with van der Waals surface area (Å²) in [5.41, 5.74) is 1.96. The van der Waals surface area contributed by atoms with Crippen molar-refractivity contribution >= 4 is 5.91 Å². The lowest BCUT2D eigenvalue weighted by molar-refractivity contribution is 0.0788. The number of fused-ring (bicyclic) bond motifs is 1. The maximum atomic E-state index is 13.2. The molecule has 1 aliphatic rings. The van der Waals surface area contributed by atoms with E-state index in [4.69, 9.17) is 9.47 Å². The van der Waals surface area contributed by atoms with Gasteiger partial charge >= 0.3 is 0 Å². The molecule has 0 saturated carbocycles. The first-order valence-corrected chi connectivity index (χ1v) is 9.53. The van der Waals surface area contributed by atoms with Crippen molar-refractivity contribution in [1.29, 1.82) is 0 Å². The molecular weight excluding hydrogens is 373 g/mol. The summed E-state index contributed by atoms with van der Waals surface area (Å²) in [5.74, 6) is 0.873. The smallest absolute Gasteiger partial charge is 0.254 e. The SMILES string of the molecule is CC(C)c1c(C(=O)NCC2COc3ccccc3O2)cnn1-c1ccc(F)cc1. The van der Waals surface area contributed by atoms with E-state index in [0.29, 0.717) is 35.9 Å². The molecule has 0 radical (unpaired) electrons. The van der Waals surface area contributed by atoms with Gasteiger partial charge in [0.25, 0.3) is 5.91 Å². The van der Waals surface area contributed by atoms with E-state index in [1.807, 2.05) is 38.1 Å². The molecule has 0 aliphatic carbocycles. The Morgan fingerprint density at radius 2 is 1.93 bits per heavy atom. The number of amides is 1. The number of carbonyl (C=O) groups is 1. The van der Waals surface area contributed by atoms with Crippen LogP contribution in [0.15, 0.2) is 54.7 Å². The van der Waals surface area contributed by atoms with E-state index in [0.717, 1.165) is 5.69 Å². The fraction of sp³-hybridized carbons (Fsp3) is 0.273. The van der Waals surface area contributed by atoms with Crippen molar-refractivity contribution in [3.05, 3.63) is 71.8 Å². The van der Waals surface area contributed by atoms with Crippen molar-refractivity contribution in [2.24, 2.45) is 0 Å². The number of ether oxygens (including phenoxy) is 2. The third-order valence-electron chi connectivity index (χ3n) is 4.73. The Morgan fingerprint density at radius 1 is 1.21 bits per heavy atom. The molecular formula is C22H22FN3O3. The molecule has 3 aromatic rings. The lowest BCUT2D eigenvalue weighted by Gasteiger charge is -2.26. The number of nitrogens with zero attached hydrogens (tertiary/aromatic N) is 2. The molecule has 0 saturated heterocycles. The van der Waals surface area contributed by atoms with E-state index >= 15 is 0 Å². The quantitative estimate of drug-likeness (QED) is 0.715. The predicted octanol–water partition coefficient (Wildman–Crippen LogP) is 3.70. The Kier molecular flexibility index (Phi) is 5.20. The number of aromatic nitrogens is 2. The predicted molar refractivity (Wildman–Crippen MR) is 106 cm³/mol. The number of carbonyl (C=O) groups excluding carboxylic acids is 1. The fourth-order valence-electron chi connectivity index (χ4n) is 3.34. The monoisotopic (exact) mass is 395 g/mol. The highest BCUT2D eigenvalue weighted by molar-refractivity contribution is 5.95. The van der Waals surface area contributed by atoms with E-state index in [-0.39, 0.29) is 23.7 Å². The Labute approximate surface area is 168 Å². The highest BCUT2D eigenvalue weighted by atomic mass is 19.1. The zero-order valence-electron chi connectivity index (χ0n) is 16.3. The van der Waals surface area contributed by atoms with Gasteiger partial charge in [0, 0.05) is 0 Å². The van der Waals surface area contributed by atoms with Gasteiger partial charge in [0.05, 0.1) is 29.7 Å². The second-order valence-corrected chi connectivity index (χ2v) is 7.19. The van der Waals surface area contributed by atoms with Gasteiger partial charge in [-0.15, -0.1) is 0 Å². The minimum Gasteiger partial charge on any atom is -0.486 e. The van der Waals surface area contributed by atoms with Crippen molar-refractivity contribution in [2.45, 2.75) is 25.9 Å². The first-order valence-electron chi connectivity index (χ1n) is 9.53. The van der Waals surface area contributed by atoms with Gasteiger partial charge < -0.3 is 14.8 Å². The maximum absolute atomic E-state index is 13.2. The second-order valence-electron chi connectivity index (χ2n) is 7.19. The highest BCUT2D eigenvalue weighted by Gasteiger charge is 2.24. The van der Waals surface area contributed by atoms with Gasteiger partial charge in [0.2, 0.25) is 0 Å². The molecule has 29 heavy (non-hydrogen) atoms. The summed E-state index contributed by atoms with van der Waals surface area (Å²) in [4.78, 5) is 12.8. The standard InChI is InChI=1S/C22H22FN3O3/c1-14(2)21-18(12-25-26(21)16-9-7-15(23)8-10-16)22(27)24-11-17-13-28-19-5-3-4-6-20(19)29-17/h3-10,12,14,17H,11,13H2,1-2H3,(H,24,27). The van der Waals surface area contributed by atoms with Crippen LogP contribution in [-0.4, -0.2) is 34.9 Å². The van der Waals surface area contributed by atoms with Crippen LogP contribution < -0.4 is 14.8 Å². The summed E-state index contributed by atoms with van der Waals surface area (Å²) in [6, 6.07) is 13.5. The van der Waals surface area contributed by atoms with Crippen LogP contribution in [0.1, 0.15) is 35.8 Å². The lowest BCUT2D eigenvalue weighted by atomic mass is 10.0. The van der Waals surface area contributed by atoms with Gasteiger partial charge in [-0.2, -0.15) is 5.10 Å². The number of nitrogens with one attached hydrogen (secondary N) is 1. The van der Waals surface area contributed by atoms with Gasteiger partial charge in [0.1, 0.15) is 18.5 Å². The molecule has 0 spiro atoms. The number of para-hydroxylation sites is 2. The average molecular weight is 395 g/mol. The molecule has 1 unspecified atom stereocenters. The highest BCUT2D eigenvalue weighted by Crippen LogP contribution is 2.30. The number of rotatable bonds is 5. The Hall–Kier alpha value is -3.35. The third kappa shape index (κ3) is 3.94. The van der Waals surface area contributed by atoms with Crippen LogP contribution in [0.2, 0.25) is 0 Å². The molecule has 1 amide bonds. The van der Waals surface area contributed by atoms with Crippen LogP contribution in [0.3, 0.4) is 0 Å². The zero-order valence-corrected chi connectivity index (χ0v) is 16.3. The van der Waals surface area contributed by atoms with E-state index < -0.39 is 0 Å². The largest absolute Gasteiger partial charge is 0.486 e. The van der Waals surface area contributed by atoms with E-state index in [2.05, 4.69) is 10.4 Å². The molecule has 0 bridgehead atoms. The first-order chi connectivity index (χ1) is 14.0. The minimum absolute atomic E-state index is 0.0458. The molecule has 1 atom stereocenters. The van der Waals surface area contributed by atoms with Gasteiger partial charge in [-0.1, -0.05) is 26.0 Å². The van der Waals surface area contributed by atoms with Crippen molar-refractivity contribution < 1.29 is 18.7 Å². The van der Waals surface area contributed by atoms with Crippen LogP contribution in [0, 0.1) is 5.82 Å². The normalized spacial score (nSPS) is 15.4.